The summed E-state index contributed by atoms with van der Waals surface area (Å²) in [5.41, 5.74) is 1.36. The summed E-state index contributed by atoms with van der Waals surface area (Å²) in [7, 11) is 0. The molecule has 0 saturated carbocycles. The molecule has 1 unspecified atom stereocenters. The molecule has 0 saturated heterocycles. The van der Waals surface area contributed by atoms with Crippen molar-refractivity contribution in [3.05, 3.63) is 11.3 Å². The smallest absolute Gasteiger partial charge is 0.135 e. The first-order valence-corrected chi connectivity index (χ1v) is 3.57. The van der Waals surface area contributed by atoms with Crippen LogP contribution in [0.15, 0.2) is 11.3 Å². The van der Waals surface area contributed by atoms with Crippen LogP contribution in [-0.2, 0) is 0 Å². The summed E-state index contributed by atoms with van der Waals surface area (Å²) >= 11 is 0. The molecule has 0 spiro atoms. The van der Waals surface area contributed by atoms with Gasteiger partial charge in [-0.2, -0.15) is 0 Å². The van der Waals surface area contributed by atoms with Crippen molar-refractivity contribution in [1.82, 2.24) is 0 Å². The second-order valence-electron chi connectivity index (χ2n) is 3.12. The lowest BCUT2D eigenvalue weighted by molar-refractivity contribution is 0.410. The van der Waals surface area contributed by atoms with Gasteiger partial charge in [-0.15, -0.1) is 0 Å². The molecule has 1 rings (SSSR count). The molecule has 1 aliphatic carbocycles. The van der Waals surface area contributed by atoms with E-state index in [4.69, 9.17) is 5.41 Å². The van der Waals surface area contributed by atoms with Crippen molar-refractivity contribution >= 4 is 5.71 Å². The Morgan fingerprint density at radius 3 is 2.60 bits per heavy atom. The predicted molar refractivity (Wildman–Crippen MR) is 41.5 cm³/mol. The SMILES string of the molecule is CC1=C(O)C(=N)CC(C)C1. The van der Waals surface area contributed by atoms with Crippen molar-refractivity contribution in [2.45, 2.75) is 26.7 Å². The number of nitrogens with one attached hydrogen (secondary N) is 1. The molecule has 1 aliphatic rings. The highest BCUT2D eigenvalue weighted by Crippen LogP contribution is 2.24. The number of allylic oxidation sites excluding steroid dienone is 2. The first-order valence-electron chi connectivity index (χ1n) is 3.57. The zero-order chi connectivity index (χ0) is 7.72. The van der Waals surface area contributed by atoms with Gasteiger partial charge < -0.3 is 10.5 Å². The van der Waals surface area contributed by atoms with Crippen LogP contribution in [0.25, 0.3) is 0 Å². The fourth-order valence-corrected chi connectivity index (χ4v) is 1.39. The zero-order valence-electron chi connectivity index (χ0n) is 6.44. The minimum absolute atomic E-state index is 0.220. The van der Waals surface area contributed by atoms with Crippen molar-refractivity contribution < 1.29 is 5.11 Å². The van der Waals surface area contributed by atoms with Crippen molar-refractivity contribution in [1.29, 1.82) is 5.41 Å². The van der Waals surface area contributed by atoms with Gasteiger partial charge in [0.15, 0.2) is 0 Å². The van der Waals surface area contributed by atoms with Crippen LogP contribution in [-0.4, -0.2) is 10.8 Å². The second-order valence-corrected chi connectivity index (χ2v) is 3.12. The van der Waals surface area contributed by atoms with E-state index in [1.54, 1.807) is 0 Å². The molecule has 0 aliphatic heterocycles. The maximum Gasteiger partial charge on any atom is 0.135 e. The van der Waals surface area contributed by atoms with Crippen LogP contribution in [0.5, 0.6) is 0 Å². The third-order valence-electron chi connectivity index (χ3n) is 1.90. The first kappa shape index (κ1) is 7.32. The lowest BCUT2D eigenvalue weighted by atomic mass is 9.89. The normalized spacial score (nSPS) is 27.4. The summed E-state index contributed by atoms with van der Waals surface area (Å²) in [6.45, 7) is 3.99. The summed E-state index contributed by atoms with van der Waals surface area (Å²) in [6.07, 6.45) is 1.66. The molecule has 0 aromatic rings. The molecule has 56 valence electrons. The van der Waals surface area contributed by atoms with Gasteiger partial charge in [0.05, 0.1) is 5.71 Å². The van der Waals surface area contributed by atoms with Gasteiger partial charge in [-0.25, -0.2) is 0 Å². The van der Waals surface area contributed by atoms with Crippen molar-refractivity contribution in [2.24, 2.45) is 5.92 Å². The van der Waals surface area contributed by atoms with Crippen LogP contribution < -0.4 is 0 Å². The lowest BCUT2D eigenvalue weighted by Gasteiger charge is -2.19. The summed E-state index contributed by atoms with van der Waals surface area (Å²) in [6, 6.07) is 0. The molecule has 0 aromatic carbocycles. The molecule has 10 heavy (non-hydrogen) atoms. The van der Waals surface area contributed by atoms with Crippen LogP contribution in [0.1, 0.15) is 26.7 Å². The predicted octanol–water partition coefficient (Wildman–Crippen LogP) is 2.27. The third kappa shape index (κ3) is 1.20. The third-order valence-corrected chi connectivity index (χ3v) is 1.90. The Labute approximate surface area is 61.1 Å². The molecule has 1 atom stereocenters. The number of aliphatic hydroxyl groups excluding tert-OH is 1. The van der Waals surface area contributed by atoms with E-state index in [0.29, 0.717) is 11.6 Å². The molecule has 0 bridgehead atoms. The Kier molecular flexibility index (Phi) is 1.79. The molecule has 2 nitrogen and oxygen atoms in total. The quantitative estimate of drug-likeness (QED) is 0.531. The van der Waals surface area contributed by atoms with Gasteiger partial charge >= 0.3 is 0 Å². The topological polar surface area (TPSA) is 44.1 Å². The minimum Gasteiger partial charge on any atom is -0.506 e. The van der Waals surface area contributed by atoms with E-state index in [0.717, 1.165) is 18.4 Å². The summed E-state index contributed by atoms with van der Waals surface area (Å²) < 4.78 is 0. The molecule has 0 heterocycles. The molecule has 0 amide bonds. The molecule has 0 radical (unpaired) electrons. The van der Waals surface area contributed by atoms with Crippen LogP contribution in [0, 0.1) is 11.3 Å². The van der Waals surface area contributed by atoms with E-state index >= 15 is 0 Å². The highest BCUT2D eigenvalue weighted by Gasteiger charge is 2.18. The van der Waals surface area contributed by atoms with Gasteiger partial charge in [-0.3, -0.25) is 0 Å². The van der Waals surface area contributed by atoms with E-state index in [1.807, 2.05) is 6.92 Å². The van der Waals surface area contributed by atoms with Gasteiger partial charge in [-0.1, -0.05) is 6.92 Å². The minimum atomic E-state index is 0.220. The molecule has 0 aromatic heterocycles. The molecule has 0 fully saturated rings. The van der Waals surface area contributed by atoms with Crippen molar-refractivity contribution in [3.63, 3.8) is 0 Å². The molecule has 2 heteroatoms. The Morgan fingerprint density at radius 1 is 1.50 bits per heavy atom. The van der Waals surface area contributed by atoms with Crippen molar-refractivity contribution in [2.75, 3.05) is 0 Å². The van der Waals surface area contributed by atoms with E-state index in [9.17, 15) is 5.11 Å². The first-order chi connectivity index (χ1) is 4.61. The Hall–Kier alpha value is -0.790. The van der Waals surface area contributed by atoms with E-state index in [2.05, 4.69) is 6.92 Å². The number of hydrogen-bond acceptors (Lipinski definition) is 2. The molecular formula is C8H13NO. The number of rotatable bonds is 0. The van der Waals surface area contributed by atoms with E-state index < -0.39 is 0 Å². The van der Waals surface area contributed by atoms with Crippen LogP contribution in [0.2, 0.25) is 0 Å². The second kappa shape index (κ2) is 2.45. The fraction of sp³-hybridized carbons (Fsp3) is 0.625. The van der Waals surface area contributed by atoms with Crippen molar-refractivity contribution in [3.8, 4) is 0 Å². The monoisotopic (exact) mass is 139 g/mol. The van der Waals surface area contributed by atoms with Gasteiger partial charge in [-0.05, 0) is 31.3 Å². The molecule has 2 N–H and O–H groups in total. The highest BCUT2D eigenvalue weighted by atomic mass is 16.3. The lowest BCUT2D eigenvalue weighted by Crippen LogP contribution is -2.15. The van der Waals surface area contributed by atoms with Crippen LogP contribution in [0.3, 0.4) is 0 Å². The zero-order valence-corrected chi connectivity index (χ0v) is 6.44. The summed E-state index contributed by atoms with van der Waals surface area (Å²) in [5, 5.41) is 16.6. The Balaban J connectivity index is 2.85. The largest absolute Gasteiger partial charge is 0.506 e. The van der Waals surface area contributed by atoms with Gasteiger partial charge in [0.25, 0.3) is 0 Å². The van der Waals surface area contributed by atoms with Gasteiger partial charge in [0.2, 0.25) is 0 Å². The van der Waals surface area contributed by atoms with Crippen LogP contribution >= 0.6 is 0 Å². The van der Waals surface area contributed by atoms with Gasteiger partial charge in [0.1, 0.15) is 5.76 Å². The van der Waals surface area contributed by atoms with Gasteiger partial charge in [0, 0.05) is 0 Å². The summed E-state index contributed by atoms with van der Waals surface area (Å²) in [5.74, 6) is 0.751. The van der Waals surface area contributed by atoms with Crippen LogP contribution in [0.4, 0.5) is 0 Å². The Morgan fingerprint density at radius 2 is 2.10 bits per heavy atom. The fourth-order valence-electron chi connectivity index (χ4n) is 1.39. The van der Waals surface area contributed by atoms with E-state index in [1.165, 1.54) is 0 Å². The molecular weight excluding hydrogens is 126 g/mol. The average Bonchev–Trinajstić information content (AvgIpc) is 1.82. The Bertz CT molecular complexity index is 193. The van der Waals surface area contributed by atoms with E-state index in [-0.39, 0.29) is 5.76 Å². The number of hydrogen-bond donors (Lipinski definition) is 2. The average molecular weight is 139 g/mol. The number of aliphatic hydroxyl groups is 1. The standard InChI is InChI=1S/C8H13NO/c1-5-3-6(2)8(10)7(9)4-5/h5,9-10H,3-4H2,1-2H3. The summed E-state index contributed by atoms with van der Waals surface area (Å²) in [4.78, 5) is 0. The maximum absolute atomic E-state index is 9.22. The highest BCUT2D eigenvalue weighted by molar-refractivity contribution is 5.97. The maximum atomic E-state index is 9.22.